The number of rotatable bonds is 4. The number of hydrogen-bond donors (Lipinski definition) is 1. The zero-order chi connectivity index (χ0) is 13.8. The van der Waals surface area contributed by atoms with Crippen molar-refractivity contribution in [2.24, 2.45) is 5.92 Å². The van der Waals surface area contributed by atoms with Crippen LogP contribution in [0.4, 0.5) is 11.4 Å². The number of anilines is 2. The Bertz CT molecular complexity index is 409. The monoisotopic (exact) mass is 273 g/mol. The third-order valence-electron chi connectivity index (χ3n) is 4.71. The molecule has 0 amide bonds. The van der Waals surface area contributed by atoms with Gasteiger partial charge in [0, 0.05) is 37.6 Å². The lowest BCUT2D eigenvalue weighted by molar-refractivity contribution is 0.549. The second kappa shape index (κ2) is 6.49. The van der Waals surface area contributed by atoms with E-state index in [9.17, 15) is 0 Å². The summed E-state index contributed by atoms with van der Waals surface area (Å²) in [4.78, 5) is 5.06. The molecule has 3 nitrogen and oxygen atoms in total. The van der Waals surface area contributed by atoms with Gasteiger partial charge in [-0.3, -0.25) is 0 Å². The van der Waals surface area contributed by atoms with Gasteiger partial charge in [0.25, 0.3) is 0 Å². The van der Waals surface area contributed by atoms with E-state index in [1.165, 1.54) is 63.2 Å². The van der Waals surface area contributed by atoms with E-state index in [0.29, 0.717) is 0 Å². The molecule has 2 aliphatic rings. The van der Waals surface area contributed by atoms with Gasteiger partial charge >= 0.3 is 0 Å². The Morgan fingerprint density at radius 3 is 2.25 bits per heavy atom. The predicted molar refractivity (Wildman–Crippen MR) is 86.8 cm³/mol. The fourth-order valence-electron chi connectivity index (χ4n) is 3.55. The van der Waals surface area contributed by atoms with Gasteiger partial charge in [-0.05, 0) is 69.5 Å². The van der Waals surface area contributed by atoms with Gasteiger partial charge in [-0.25, -0.2) is 0 Å². The van der Waals surface area contributed by atoms with Crippen molar-refractivity contribution in [1.82, 2.24) is 5.32 Å². The molecule has 1 unspecified atom stereocenters. The second-order valence-corrected chi connectivity index (χ2v) is 6.22. The lowest BCUT2D eigenvalue weighted by Crippen LogP contribution is -2.29. The first-order valence-corrected chi connectivity index (χ1v) is 8.11. The maximum atomic E-state index is 3.30. The molecule has 110 valence electrons. The number of hydrogen-bond acceptors (Lipinski definition) is 3. The molecule has 20 heavy (non-hydrogen) atoms. The number of nitrogens with one attached hydrogen (secondary N) is 1. The fraction of sp³-hybridized carbons (Fsp3) is 0.647. The van der Waals surface area contributed by atoms with Crippen molar-refractivity contribution in [2.75, 3.05) is 49.6 Å². The topological polar surface area (TPSA) is 18.5 Å². The van der Waals surface area contributed by atoms with Crippen molar-refractivity contribution in [3.05, 3.63) is 24.3 Å². The molecule has 0 spiro atoms. The molecule has 1 N–H and O–H groups in total. The van der Waals surface area contributed by atoms with Crippen LogP contribution in [0.15, 0.2) is 24.3 Å². The third kappa shape index (κ3) is 3.09. The molecule has 3 heteroatoms. The molecule has 1 aromatic carbocycles. The van der Waals surface area contributed by atoms with E-state index in [0.717, 1.165) is 12.5 Å². The first-order chi connectivity index (χ1) is 9.86. The van der Waals surface area contributed by atoms with Crippen LogP contribution in [0.25, 0.3) is 0 Å². The van der Waals surface area contributed by atoms with E-state index in [1.807, 2.05) is 0 Å². The summed E-state index contributed by atoms with van der Waals surface area (Å²) in [5.41, 5.74) is 2.80. The summed E-state index contributed by atoms with van der Waals surface area (Å²) in [6.07, 6.45) is 5.41. The Balaban J connectivity index is 1.61. The first kappa shape index (κ1) is 13.7. The summed E-state index contributed by atoms with van der Waals surface area (Å²) in [6.45, 7) is 6.00. The van der Waals surface area contributed by atoms with Crippen LogP contribution in [0.3, 0.4) is 0 Å². The van der Waals surface area contributed by atoms with Gasteiger partial charge in [-0.1, -0.05) is 0 Å². The molecule has 2 saturated heterocycles. The average Bonchev–Trinajstić information content (AvgIpc) is 2.97. The number of piperidine rings is 1. The number of benzene rings is 1. The quantitative estimate of drug-likeness (QED) is 0.910. The molecular formula is C17H27N3. The van der Waals surface area contributed by atoms with Crippen LogP contribution < -0.4 is 15.1 Å². The van der Waals surface area contributed by atoms with Crippen molar-refractivity contribution >= 4 is 11.4 Å². The zero-order valence-corrected chi connectivity index (χ0v) is 12.6. The van der Waals surface area contributed by atoms with Gasteiger partial charge in [0.2, 0.25) is 0 Å². The molecule has 2 fully saturated rings. The van der Waals surface area contributed by atoms with Crippen molar-refractivity contribution in [3.8, 4) is 0 Å². The lowest BCUT2D eigenvalue weighted by Gasteiger charge is -2.29. The predicted octanol–water partition coefficient (Wildman–Crippen LogP) is 2.72. The van der Waals surface area contributed by atoms with E-state index in [4.69, 9.17) is 0 Å². The van der Waals surface area contributed by atoms with Gasteiger partial charge in [-0.2, -0.15) is 0 Å². The van der Waals surface area contributed by atoms with Gasteiger partial charge in [0.15, 0.2) is 0 Å². The van der Waals surface area contributed by atoms with Crippen LogP contribution >= 0.6 is 0 Å². The Kier molecular flexibility index (Phi) is 4.46. The first-order valence-electron chi connectivity index (χ1n) is 8.11. The Morgan fingerprint density at radius 2 is 1.60 bits per heavy atom. The summed E-state index contributed by atoms with van der Waals surface area (Å²) in [7, 11) is 2.05. The zero-order valence-electron chi connectivity index (χ0n) is 12.6. The minimum Gasteiger partial charge on any atom is -0.372 e. The minimum atomic E-state index is 0.807. The molecule has 1 atom stereocenters. The normalized spacial score (nSPS) is 23.4. The van der Waals surface area contributed by atoms with Gasteiger partial charge in [0.05, 0.1) is 0 Å². The smallest absolute Gasteiger partial charge is 0.0367 e. The molecule has 1 aromatic rings. The summed E-state index contributed by atoms with van der Waals surface area (Å²) in [5.74, 6) is 0.807. The van der Waals surface area contributed by atoms with Gasteiger partial charge in [0.1, 0.15) is 0 Å². The standard InChI is InChI=1S/C17H27N3/c1-18-13-15-9-12-20(14-15)17-7-5-16(6-8-17)19-10-3-2-4-11-19/h5-8,15,18H,2-4,9-14H2,1H3. The Labute approximate surface area is 123 Å². The molecule has 0 aliphatic carbocycles. The highest BCUT2D eigenvalue weighted by Gasteiger charge is 2.22. The molecule has 0 radical (unpaired) electrons. The average molecular weight is 273 g/mol. The molecule has 3 rings (SSSR count). The SMILES string of the molecule is CNCC1CCN(c2ccc(N3CCCCC3)cc2)C1. The molecule has 0 bridgehead atoms. The van der Waals surface area contributed by atoms with Crippen LogP contribution in [-0.2, 0) is 0 Å². The molecule has 0 aromatic heterocycles. The van der Waals surface area contributed by atoms with Crippen LogP contribution in [-0.4, -0.2) is 39.8 Å². The largest absolute Gasteiger partial charge is 0.372 e. The molecular weight excluding hydrogens is 246 g/mol. The van der Waals surface area contributed by atoms with Crippen molar-refractivity contribution in [1.29, 1.82) is 0 Å². The Hall–Kier alpha value is -1.22. The van der Waals surface area contributed by atoms with E-state index in [2.05, 4.69) is 46.4 Å². The maximum absolute atomic E-state index is 3.30. The summed E-state index contributed by atoms with van der Waals surface area (Å²) < 4.78 is 0. The summed E-state index contributed by atoms with van der Waals surface area (Å²) in [5, 5.41) is 3.30. The van der Waals surface area contributed by atoms with Gasteiger partial charge < -0.3 is 15.1 Å². The van der Waals surface area contributed by atoms with Crippen LogP contribution in [0.1, 0.15) is 25.7 Å². The van der Waals surface area contributed by atoms with Crippen LogP contribution in [0, 0.1) is 5.92 Å². The van der Waals surface area contributed by atoms with E-state index in [-0.39, 0.29) is 0 Å². The second-order valence-electron chi connectivity index (χ2n) is 6.22. The van der Waals surface area contributed by atoms with Crippen LogP contribution in [0.2, 0.25) is 0 Å². The minimum absolute atomic E-state index is 0.807. The van der Waals surface area contributed by atoms with E-state index in [1.54, 1.807) is 0 Å². The highest BCUT2D eigenvalue weighted by molar-refractivity contribution is 5.57. The van der Waals surface area contributed by atoms with E-state index < -0.39 is 0 Å². The van der Waals surface area contributed by atoms with Crippen molar-refractivity contribution in [2.45, 2.75) is 25.7 Å². The van der Waals surface area contributed by atoms with Crippen molar-refractivity contribution < 1.29 is 0 Å². The van der Waals surface area contributed by atoms with Crippen molar-refractivity contribution in [3.63, 3.8) is 0 Å². The highest BCUT2D eigenvalue weighted by Crippen LogP contribution is 2.27. The molecule has 0 saturated carbocycles. The lowest BCUT2D eigenvalue weighted by atomic mass is 10.1. The Morgan fingerprint density at radius 1 is 0.950 bits per heavy atom. The van der Waals surface area contributed by atoms with Gasteiger partial charge in [-0.15, -0.1) is 0 Å². The summed E-state index contributed by atoms with van der Waals surface area (Å²) in [6, 6.07) is 9.25. The molecule has 2 heterocycles. The highest BCUT2D eigenvalue weighted by atomic mass is 15.2. The number of nitrogens with zero attached hydrogens (tertiary/aromatic N) is 2. The third-order valence-corrected chi connectivity index (χ3v) is 4.71. The molecule has 2 aliphatic heterocycles. The van der Waals surface area contributed by atoms with E-state index >= 15 is 0 Å². The summed E-state index contributed by atoms with van der Waals surface area (Å²) >= 11 is 0. The van der Waals surface area contributed by atoms with Crippen LogP contribution in [0.5, 0.6) is 0 Å². The fourth-order valence-corrected chi connectivity index (χ4v) is 3.55. The maximum Gasteiger partial charge on any atom is 0.0367 e.